The maximum Gasteiger partial charge on any atom is 0.317 e. The fraction of sp³-hybridized carbons (Fsp3) is 0.409. The van der Waals surface area contributed by atoms with Crippen LogP contribution in [0.2, 0.25) is 0 Å². The summed E-state index contributed by atoms with van der Waals surface area (Å²) < 4.78 is 18.3. The van der Waals surface area contributed by atoms with Crippen LogP contribution in [0, 0.1) is 5.82 Å². The number of carbonyl (C=O) groups excluding carboxylic acids is 1. The second-order valence-corrected chi connectivity index (χ2v) is 7.02. The summed E-state index contributed by atoms with van der Waals surface area (Å²) >= 11 is 0. The molecule has 0 bridgehead atoms. The molecule has 1 atom stereocenters. The minimum atomic E-state index is -0.222. The largest absolute Gasteiger partial charge is 0.497 e. The zero-order valence-corrected chi connectivity index (χ0v) is 15.8. The number of likely N-dealkylation sites (tertiary alicyclic amines) is 1. The van der Waals surface area contributed by atoms with Crippen LogP contribution < -0.4 is 10.1 Å². The maximum absolute atomic E-state index is 13.2. The lowest BCUT2D eigenvalue weighted by atomic mass is 9.94. The quantitative estimate of drug-likeness (QED) is 0.850. The molecule has 27 heavy (non-hydrogen) atoms. The summed E-state index contributed by atoms with van der Waals surface area (Å²) in [5, 5.41) is 3.03. The van der Waals surface area contributed by atoms with Gasteiger partial charge >= 0.3 is 6.03 Å². The molecular weight excluding hydrogens is 343 g/mol. The first-order valence-corrected chi connectivity index (χ1v) is 9.57. The Labute approximate surface area is 160 Å². The molecule has 0 unspecified atom stereocenters. The molecule has 1 heterocycles. The number of amides is 2. The Morgan fingerprint density at radius 1 is 1.15 bits per heavy atom. The molecule has 1 aliphatic rings. The van der Waals surface area contributed by atoms with Crippen LogP contribution in [-0.2, 0) is 6.42 Å². The molecule has 5 heteroatoms. The van der Waals surface area contributed by atoms with E-state index in [1.165, 1.54) is 12.1 Å². The molecule has 1 saturated heterocycles. The number of hydrogen-bond acceptors (Lipinski definition) is 2. The van der Waals surface area contributed by atoms with Crippen LogP contribution in [0.25, 0.3) is 0 Å². The highest BCUT2D eigenvalue weighted by atomic mass is 19.1. The van der Waals surface area contributed by atoms with E-state index in [1.54, 1.807) is 7.11 Å². The number of halogens is 1. The Morgan fingerprint density at radius 3 is 2.59 bits per heavy atom. The molecule has 2 aromatic carbocycles. The number of nitrogens with zero attached hydrogens (tertiary/aromatic N) is 1. The van der Waals surface area contributed by atoms with Crippen LogP contribution >= 0.6 is 0 Å². The molecule has 2 aromatic rings. The highest BCUT2D eigenvalue weighted by Gasteiger charge is 2.23. The van der Waals surface area contributed by atoms with Crippen molar-refractivity contribution in [3.8, 4) is 5.75 Å². The van der Waals surface area contributed by atoms with E-state index in [0.717, 1.165) is 49.1 Å². The average Bonchev–Trinajstić information content (AvgIpc) is 2.95. The van der Waals surface area contributed by atoms with E-state index in [0.29, 0.717) is 13.1 Å². The third-order valence-electron chi connectivity index (χ3n) is 5.15. The summed E-state index contributed by atoms with van der Waals surface area (Å²) in [5.41, 5.74) is 2.27. The molecule has 1 aliphatic heterocycles. The normalized spacial score (nSPS) is 17.3. The van der Waals surface area contributed by atoms with Crippen molar-refractivity contribution in [3.63, 3.8) is 0 Å². The minimum Gasteiger partial charge on any atom is -0.497 e. The van der Waals surface area contributed by atoms with E-state index in [9.17, 15) is 9.18 Å². The number of rotatable bonds is 5. The molecular formula is C22H27FN2O2. The van der Waals surface area contributed by atoms with E-state index >= 15 is 0 Å². The van der Waals surface area contributed by atoms with Gasteiger partial charge in [0.05, 0.1) is 7.11 Å². The van der Waals surface area contributed by atoms with Crippen molar-refractivity contribution in [3.05, 3.63) is 65.5 Å². The fourth-order valence-electron chi connectivity index (χ4n) is 3.55. The Balaban J connectivity index is 1.52. The molecule has 0 aromatic heterocycles. The minimum absolute atomic E-state index is 0.0162. The van der Waals surface area contributed by atoms with Crippen LogP contribution in [0.5, 0.6) is 5.75 Å². The van der Waals surface area contributed by atoms with Gasteiger partial charge in [-0.15, -0.1) is 0 Å². The monoisotopic (exact) mass is 370 g/mol. The molecule has 0 radical (unpaired) electrons. The smallest absolute Gasteiger partial charge is 0.317 e. The van der Waals surface area contributed by atoms with Crippen molar-refractivity contribution in [2.24, 2.45) is 0 Å². The van der Waals surface area contributed by atoms with Gasteiger partial charge in [0.25, 0.3) is 0 Å². The summed E-state index contributed by atoms with van der Waals surface area (Å²) in [7, 11) is 1.65. The number of hydrogen-bond donors (Lipinski definition) is 1. The second-order valence-electron chi connectivity index (χ2n) is 7.02. The highest BCUT2D eigenvalue weighted by Crippen LogP contribution is 2.26. The van der Waals surface area contributed by atoms with Gasteiger partial charge in [0.2, 0.25) is 0 Å². The van der Waals surface area contributed by atoms with Crippen molar-refractivity contribution >= 4 is 6.03 Å². The third-order valence-corrected chi connectivity index (χ3v) is 5.15. The molecule has 0 spiro atoms. The number of urea groups is 1. The van der Waals surface area contributed by atoms with Gasteiger partial charge < -0.3 is 15.0 Å². The van der Waals surface area contributed by atoms with Crippen molar-refractivity contribution in [1.29, 1.82) is 0 Å². The van der Waals surface area contributed by atoms with E-state index in [1.807, 2.05) is 41.3 Å². The Hall–Kier alpha value is -2.56. The molecule has 1 N–H and O–H groups in total. The third kappa shape index (κ3) is 5.46. The summed E-state index contributed by atoms with van der Waals surface area (Å²) in [5.74, 6) is 0.875. The first-order valence-electron chi connectivity index (χ1n) is 9.57. The molecule has 1 fully saturated rings. The van der Waals surface area contributed by atoms with E-state index in [4.69, 9.17) is 4.74 Å². The Kier molecular flexibility index (Phi) is 6.69. The van der Waals surface area contributed by atoms with Gasteiger partial charge in [0.1, 0.15) is 11.6 Å². The maximum atomic E-state index is 13.2. The Morgan fingerprint density at radius 2 is 1.89 bits per heavy atom. The predicted molar refractivity (Wildman–Crippen MR) is 105 cm³/mol. The lowest BCUT2D eigenvalue weighted by Crippen LogP contribution is -2.42. The van der Waals surface area contributed by atoms with Gasteiger partial charge in [-0.2, -0.15) is 0 Å². The first kappa shape index (κ1) is 19.2. The summed E-state index contributed by atoms with van der Waals surface area (Å²) in [6, 6.07) is 14.5. The average molecular weight is 370 g/mol. The van der Waals surface area contributed by atoms with Crippen molar-refractivity contribution < 1.29 is 13.9 Å². The van der Waals surface area contributed by atoms with Gasteiger partial charge in [-0.1, -0.05) is 30.7 Å². The molecule has 0 aliphatic carbocycles. The zero-order chi connectivity index (χ0) is 19.1. The van der Waals surface area contributed by atoms with Gasteiger partial charge in [0, 0.05) is 25.6 Å². The van der Waals surface area contributed by atoms with E-state index in [2.05, 4.69) is 5.32 Å². The SMILES string of the molecule is COc1ccc(CCNC(=O)N2CCCC[C@@H](c3ccc(F)cc3)C2)cc1. The predicted octanol–water partition coefficient (Wildman–Crippen LogP) is 4.36. The topological polar surface area (TPSA) is 41.6 Å². The summed E-state index contributed by atoms with van der Waals surface area (Å²) in [4.78, 5) is 14.5. The van der Waals surface area contributed by atoms with Gasteiger partial charge in [-0.3, -0.25) is 0 Å². The lowest BCUT2D eigenvalue weighted by molar-refractivity contribution is 0.197. The zero-order valence-electron chi connectivity index (χ0n) is 15.8. The van der Waals surface area contributed by atoms with Crippen LogP contribution in [0.4, 0.5) is 9.18 Å². The Bertz CT molecular complexity index is 731. The van der Waals surface area contributed by atoms with Gasteiger partial charge in [-0.05, 0) is 54.7 Å². The van der Waals surface area contributed by atoms with Crippen LogP contribution in [0.3, 0.4) is 0 Å². The second kappa shape index (κ2) is 9.40. The standard InChI is InChI=1S/C22H27FN2O2/c1-27-21-11-5-17(6-12-21)13-14-24-22(26)25-15-3-2-4-19(16-25)18-7-9-20(23)10-8-18/h5-12,19H,2-4,13-16H2,1H3,(H,24,26)/t19-/m1/s1. The number of methoxy groups -OCH3 is 1. The molecule has 144 valence electrons. The van der Waals surface area contributed by atoms with Crippen LogP contribution in [0.1, 0.15) is 36.3 Å². The van der Waals surface area contributed by atoms with Crippen LogP contribution in [-0.4, -0.2) is 37.7 Å². The molecule has 2 amide bonds. The summed E-state index contributed by atoms with van der Waals surface area (Å²) in [6.45, 7) is 2.05. The van der Waals surface area contributed by atoms with Crippen molar-refractivity contribution in [2.75, 3.05) is 26.7 Å². The first-order chi connectivity index (χ1) is 13.2. The number of carbonyl (C=O) groups is 1. The van der Waals surface area contributed by atoms with Crippen molar-refractivity contribution in [2.45, 2.75) is 31.6 Å². The number of nitrogens with one attached hydrogen (secondary N) is 1. The van der Waals surface area contributed by atoms with Crippen LogP contribution in [0.15, 0.2) is 48.5 Å². The highest BCUT2D eigenvalue weighted by molar-refractivity contribution is 5.74. The van der Waals surface area contributed by atoms with E-state index in [-0.39, 0.29) is 17.8 Å². The fourth-order valence-corrected chi connectivity index (χ4v) is 3.55. The molecule has 4 nitrogen and oxygen atoms in total. The lowest BCUT2D eigenvalue weighted by Gasteiger charge is -2.25. The van der Waals surface area contributed by atoms with Gasteiger partial charge in [0.15, 0.2) is 0 Å². The molecule has 0 saturated carbocycles. The summed E-state index contributed by atoms with van der Waals surface area (Å²) in [6.07, 6.45) is 3.90. The number of benzene rings is 2. The van der Waals surface area contributed by atoms with E-state index < -0.39 is 0 Å². The van der Waals surface area contributed by atoms with Gasteiger partial charge in [-0.25, -0.2) is 9.18 Å². The molecule has 3 rings (SSSR count). The number of ether oxygens (including phenoxy) is 1. The van der Waals surface area contributed by atoms with Crippen molar-refractivity contribution in [1.82, 2.24) is 10.2 Å².